The zero-order chi connectivity index (χ0) is 20.2. The second-order valence-electron chi connectivity index (χ2n) is 7.64. The van der Waals surface area contributed by atoms with Gasteiger partial charge in [0.2, 0.25) is 5.91 Å². The molecule has 2 unspecified atom stereocenters. The van der Waals surface area contributed by atoms with Crippen molar-refractivity contribution in [3.63, 3.8) is 0 Å². The van der Waals surface area contributed by atoms with Crippen LogP contribution in [0.15, 0.2) is 54.9 Å². The van der Waals surface area contributed by atoms with Crippen LogP contribution in [-0.2, 0) is 16.1 Å². The van der Waals surface area contributed by atoms with Gasteiger partial charge in [0.05, 0.1) is 18.1 Å². The lowest BCUT2D eigenvalue weighted by molar-refractivity contribution is -0.129. The van der Waals surface area contributed by atoms with Gasteiger partial charge in [-0.3, -0.25) is 9.78 Å². The van der Waals surface area contributed by atoms with Crippen molar-refractivity contribution in [1.82, 2.24) is 20.5 Å². The minimum absolute atomic E-state index is 0.0607. The van der Waals surface area contributed by atoms with Crippen molar-refractivity contribution in [2.45, 2.75) is 50.5 Å². The molecule has 4 rings (SSSR count). The van der Waals surface area contributed by atoms with Crippen molar-refractivity contribution in [2.75, 3.05) is 6.61 Å². The predicted octanol–water partition coefficient (Wildman–Crippen LogP) is 2.40. The van der Waals surface area contributed by atoms with E-state index in [-0.39, 0.29) is 36.2 Å². The summed E-state index contributed by atoms with van der Waals surface area (Å²) in [7, 11) is 0. The first-order valence-corrected chi connectivity index (χ1v) is 10.0. The summed E-state index contributed by atoms with van der Waals surface area (Å²) in [6.45, 7) is 3.14. The third-order valence-corrected chi connectivity index (χ3v) is 5.74. The minimum Gasteiger partial charge on any atom is -0.371 e. The molecule has 1 aromatic carbocycles. The molecule has 4 atom stereocenters. The highest BCUT2D eigenvalue weighted by Crippen LogP contribution is 2.29. The molecular formula is C22H26N4O3. The van der Waals surface area contributed by atoms with E-state index in [2.05, 4.69) is 15.6 Å². The number of rotatable bonds is 5. The smallest absolute Gasteiger partial charge is 0.315 e. The largest absolute Gasteiger partial charge is 0.371 e. The number of amides is 3. The van der Waals surface area contributed by atoms with Crippen molar-refractivity contribution in [1.29, 1.82) is 0 Å². The number of carbonyl (C=O) groups is 2. The second kappa shape index (κ2) is 8.61. The van der Waals surface area contributed by atoms with E-state index in [9.17, 15) is 9.59 Å². The van der Waals surface area contributed by atoms with Gasteiger partial charge in [-0.15, -0.1) is 0 Å². The maximum atomic E-state index is 12.6. The summed E-state index contributed by atoms with van der Waals surface area (Å²) in [5.41, 5.74) is 2.09. The van der Waals surface area contributed by atoms with Gasteiger partial charge in [0, 0.05) is 32.0 Å². The summed E-state index contributed by atoms with van der Waals surface area (Å²) in [4.78, 5) is 31.0. The summed E-state index contributed by atoms with van der Waals surface area (Å²) in [5, 5.41) is 6.02. The zero-order valence-corrected chi connectivity index (χ0v) is 16.5. The van der Waals surface area contributed by atoms with Crippen molar-refractivity contribution < 1.29 is 14.3 Å². The Morgan fingerprint density at radius 2 is 1.86 bits per heavy atom. The number of pyridine rings is 1. The number of nitrogens with zero attached hydrogens (tertiary/aromatic N) is 2. The molecule has 2 aliphatic heterocycles. The van der Waals surface area contributed by atoms with Gasteiger partial charge in [-0.1, -0.05) is 30.3 Å². The van der Waals surface area contributed by atoms with Crippen molar-refractivity contribution in [3.05, 3.63) is 66.0 Å². The Morgan fingerprint density at radius 1 is 1.14 bits per heavy atom. The molecule has 2 aliphatic rings. The highest BCUT2D eigenvalue weighted by atomic mass is 16.5. The predicted molar refractivity (Wildman–Crippen MR) is 108 cm³/mol. The van der Waals surface area contributed by atoms with E-state index in [1.165, 1.54) is 0 Å². The lowest BCUT2D eigenvalue weighted by atomic mass is 10.0. The Morgan fingerprint density at radius 3 is 2.62 bits per heavy atom. The number of aromatic nitrogens is 1. The van der Waals surface area contributed by atoms with Gasteiger partial charge in [-0.2, -0.15) is 0 Å². The molecular weight excluding hydrogens is 368 g/mol. The average Bonchev–Trinajstić information content (AvgIpc) is 3.29. The Hall–Kier alpha value is -2.93. The lowest BCUT2D eigenvalue weighted by Crippen LogP contribution is -2.50. The van der Waals surface area contributed by atoms with Gasteiger partial charge < -0.3 is 20.3 Å². The number of nitrogens with one attached hydrogen (secondary N) is 2. The fourth-order valence-electron chi connectivity index (χ4n) is 4.10. The number of benzene rings is 1. The van der Waals surface area contributed by atoms with Crippen LogP contribution in [0.25, 0.3) is 0 Å². The van der Waals surface area contributed by atoms with Gasteiger partial charge in [-0.05, 0) is 36.6 Å². The van der Waals surface area contributed by atoms with Crippen LogP contribution < -0.4 is 10.6 Å². The van der Waals surface area contributed by atoms with Crippen LogP contribution in [0.4, 0.5) is 4.79 Å². The van der Waals surface area contributed by atoms with Crippen molar-refractivity contribution in [2.24, 2.45) is 0 Å². The van der Waals surface area contributed by atoms with Gasteiger partial charge in [0.15, 0.2) is 0 Å². The van der Waals surface area contributed by atoms with Gasteiger partial charge in [-0.25, -0.2) is 4.79 Å². The quantitative estimate of drug-likeness (QED) is 0.816. The average molecular weight is 394 g/mol. The van der Waals surface area contributed by atoms with Gasteiger partial charge >= 0.3 is 6.03 Å². The number of likely N-dealkylation sites (tertiary alicyclic amines) is 1. The number of hydrogen-bond acceptors (Lipinski definition) is 4. The standard InChI is InChI=1S/C22H26N4O3/c1-15-19(13-20(27)26(15)14-16-5-3-2-4-6-16)25-22(28)24-18-9-12-29-21(18)17-7-10-23-11-8-17/h2-8,10-11,15,18-19,21H,9,12-14H2,1H3,(H2,24,25,28)/t15?,18-,19?,21+/m1/s1. The fourth-order valence-corrected chi connectivity index (χ4v) is 4.10. The lowest BCUT2D eigenvalue weighted by Gasteiger charge is -2.26. The Kier molecular flexibility index (Phi) is 5.76. The maximum Gasteiger partial charge on any atom is 0.315 e. The van der Waals surface area contributed by atoms with E-state index >= 15 is 0 Å². The summed E-state index contributed by atoms with van der Waals surface area (Å²) >= 11 is 0. The van der Waals surface area contributed by atoms with Crippen LogP contribution in [0, 0.1) is 0 Å². The molecule has 0 spiro atoms. The van der Waals surface area contributed by atoms with E-state index in [1.54, 1.807) is 12.4 Å². The topological polar surface area (TPSA) is 83.6 Å². The SMILES string of the molecule is CC1C(NC(=O)N[C@@H]2CCO[C@H]2c2ccncc2)CC(=O)N1Cc1ccccc1. The molecule has 0 bridgehead atoms. The zero-order valence-electron chi connectivity index (χ0n) is 16.5. The number of urea groups is 1. The highest BCUT2D eigenvalue weighted by molar-refractivity contribution is 5.82. The van der Waals surface area contributed by atoms with Crippen LogP contribution in [0.3, 0.4) is 0 Å². The molecule has 152 valence electrons. The van der Waals surface area contributed by atoms with Crippen molar-refractivity contribution >= 4 is 11.9 Å². The van der Waals surface area contributed by atoms with Gasteiger partial charge in [0.1, 0.15) is 6.10 Å². The Balaban J connectivity index is 1.34. The third kappa shape index (κ3) is 4.40. The molecule has 2 N–H and O–H groups in total. The Labute approximate surface area is 170 Å². The molecule has 29 heavy (non-hydrogen) atoms. The minimum atomic E-state index is -0.259. The van der Waals surface area contributed by atoms with E-state index < -0.39 is 0 Å². The van der Waals surface area contributed by atoms with Crippen LogP contribution in [0.5, 0.6) is 0 Å². The molecule has 0 radical (unpaired) electrons. The molecule has 7 nitrogen and oxygen atoms in total. The third-order valence-electron chi connectivity index (χ3n) is 5.74. The normalized spacial score (nSPS) is 26.5. The molecule has 0 aliphatic carbocycles. The van der Waals surface area contributed by atoms with E-state index in [0.29, 0.717) is 19.6 Å². The molecule has 2 saturated heterocycles. The molecule has 7 heteroatoms. The summed E-state index contributed by atoms with van der Waals surface area (Å²) in [6.07, 6.45) is 4.33. The van der Waals surface area contributed by atoms with E-state index in [4.69, 9.17) is 4.74 Å². The summed E-state index contributed by atoms with van der Waals surface area (Å²) in [5.74, 6) is 0.0607. The molecule has 3 amide bonds. The highest BCUT2D eigenvalue weighted by Gasteiger charge is 2.38. The van der Waals surface area contributed by atoms with Crippen molar-refractivity contribution in [3.8, 4) is 0 Å². The summed E-state index contributed by atoms with van der Waals surface area (Å²) in [6, 6.07) is 13.1. The maximum absolute atomic E-state index is 12.6. The second-order valence-corrected chi connectivity index (χ2v) is 7.64. The molecule has 0 saturated carbocycles. The fraction of sp³-hybridized carbons (Fsp3) is 0.409. The first-order chi connectivity index (χ1) is 14.1. The van der Waals surface area contributed by atoms with E-state index in [1.807, 2.05) is 54.3 Å². The van der Waals surface area contributed by atoms with Crippen LogP contribution in [0.1, 0.15) is 37.0 Å². The number of ether oxygens (including phenoxy) is 1. The first kappa shape index (κ1) is 19.4. The summed E-state index contributed by atoms with van der Waals surface area (Å²) < 4.78 is 5.81. The van der Waals surface area contributed by atoms with Crippen LogP contribution >= 0.6 is 0 Å². The van der Waals surface area contributed by atoms with Gasteiger partial charge in [0.25, 0.3) is 0 Å². The number of carbonyl (C=O) groups excluding carboxylic acids is 2. The van der Waals surface area contributed by atoms with E-state index in [0.717, 1.165) is 17.5 Å². The van der Waals surface area contributed by atoms with Crippen LogP contribution in [0.2, 0.25) is 0 Å². The van der Waals surface area contributed by atoms with Crippen LogP contribution in [-0.4, -0.2) is 46.6 Å². The Bertz CT molecular complexity index is 846. The molecule has 2 aromatic rings. The number of hydrogen-bond donors (Lipinski definition) is 2. The molecule has 1 aromatic heterocycles. The monoisotopic (exact) mass is 394 g/mol. The molecule has 2 fully saturated rings. The first-order valence-electron chi connectivity index (χ1n) is 10.0. The molecule has 3 heterocycles.